The zero-order chi connectivity index (χ0) is 18.8. The van der Waals surface area contributed by atoms with Gasteiger partial charge in [0.15, 0.2) is 18.1 Å². The van der Waals surface area contributed by atoms with Crippen LogP contribution in [0.4, 0.5) is 0 Å². The smallest absolute Gasteiger partial charge is 0.338 e. The van der Waals surface area contributed by atoms with E-state index in [1.807, 2.05) is 19.9 Å². The minimum absolute atomic E-state index is 0.142. The van der Waals surface area contributed by atoms with Gasteiger partial charge in [0.2, 0.25) is 0 Å². The van der Waals surface area contributed by atoms with E-state index in [-0.39, 0.29) is 23.6 Å². The van der Waals surface area contributed by atoms with Crippen molar-refractivity contribution >= 4 is 23.5 Å². The molecule has 0 aliphatic carbocycles. The van der Waals surface area contributed by atoms with E-state index in [1.54, 1.807) is 0 Å². The molecule has 0 spiro atoms. The van der Waals surface area contributed by atoms with Crippen molar-refractivity contribution in [2.45, 2.75) is 20.3 Å². The second kappa shape index (κ2) is 10.4. The molecule has 136 valence electrons. The molecule has 0 saturated carbocycles. The fourth-order valence-electron chi connectivity index (χ4n) is 1.75. The lowest BCUT2D eigenvalue weighted by molar-refractivity contribution is -0.124. The molecule has 1 amide bonds. The van der Waals surface area contributed by atoms with Crippen molar-refractivity contribution < 1.29 is 23.8 Å². The number of hydrogen-bond donors (Lipinski definition) is 1. The second-order valence-corrected chi connectivity index (χ2v) is 5.94. The molecular formula is C17H21ClN2O5. The summed E-state index contributed by atoms with van der Waals surface area (Å²) in [5.41, 5.74) is 0.142. The van der Waals surface area contributed by atoms with E-state index in [4.69, 9.17) is 31.1 Å². The first-order chi connectivity index (χ1) is 11.9. The van der Waals surface area contributed by atoms with Crippen LogP contribution >= 0.6 is 11.6 Å². The number of rotatable bonds is 9. The summed E-state index contributed by atoms with van der Waals surface area (Å²) in [6.45, 7) is 4.19. The number of halogens is 1. The number of carbonyl (C=O) groups is 2. The highest BCUT2D eigenvalue weighted by molar-refractivity contribution is 6.32. The largest absolute Gasteiger partial charge is 0.493 e. The van der Waals surface area contributed by atoms with Gasteiger partial charge in [-0.15, -0.1) is 0 Å². The van der Waals surface area contributed by atoms with Crippen molar-refractivity contribution in [2.75, 3.05) is 26.9 Å². The zero-order valence-electron chi connectivity index (χ0n) is 14.4. The lowest BCUT2D eigenvalue weighted by Crippen LogP contribution is -2.29. The van der Waals surface area contributed by atoms with Gasteiger partial charge in [0.05, 0.1) is 36.8 Å². The monoisotopic (exact) mass is 368 g/mol. The quantitative estimate of drug-likeness (QED) is 0.531. The normalized spacial score (nSPS) is 10.1. The number of nitrogens with one attached hydrogen (secondary N) is 1. The van der Waals surface area contributed by atoms with Crippen LogP contribution in [0, 0.1) is 17.2 Å². The predicted molar refractivity (Wildman–Crippen MR) is 91.9 cm³/mol. The average Bonchev–Trinajstić information content (AvgIpc) is 2.57. The van der Waals surface area contributed by atoms with Crippen LogP contribution in [0.5, 0.6) is 11.5 Å². The Labute approximate surface area is 151 Å². The van der Waals surface area contributed by atoms with Gasteiger partial charge in [0.25, 0.3) is 5.91 Å². The Morgan fingerprint density at radius 2 is 2.08 bits per heavy atom. The second-order valence-electron chi connectivity index (χ2n) is 5.53. The van der Waals surface area contributed by atoms with Crippen molar-refractivity contribution in [1.82, 2.24) is 5.32 Å². The summed E-state index contributed by atoms with van der Waals surface area (Å²) < 4.78 is 15.7. The predicted octanol–water partition coefficient (Wildman–Crippen LogP) is 2.57. The molecule has 0 heterocycles. The molecule has 0 fully saturated rings. The molecule has 0 saturated heterocycles. The number of esters is 1. The molecule has 1 aromatic rings. The molecule has 0 aliphatic rings. The lowest BCUT2D eigenvalue weighted by Gasteiger charge is -2.15. The lowest BCUT2D eigenvalue weighted by atomic mass is 10.2. The molecule has 1 N–H and O–H groups in total. The van der Waals surface area contributed by atoms with Crippen LogP contribution in [-0.4, -0.2) is 38.7 Å². The minimum atomic E-state index is -0.717. The van der Waals surface area contributed by atoms with Crippen molar-refractivity contribution in [3.05, 3.63) is 22.7 Å². The standard InChI is InChI=1S/C17H21ClN2O5/c1-11(2)9-24-16-13(18)7-12(8-14(16)23-3)17(22)25-10-15(21)20-6-4-5-19/h7-8,11H,4,6,9-10H2,1-3H3,(H,20,21). The van der Waals surface area contributed by atoms with E-state index in [2.05, 4.69) is 5.32 Å². The van der Waals surface area contributed by atoms with Gasteiger partial charge in [0, 0.05) is 6.54 Å². The van der Waals surface area contributed by atoms with Crippen LogP contribution in [0.25, 0.3) is 0 Å². The Hall–Kier alpha value is -2.46. The van der Waals surface area contributed by atoms with Crippen molar-refractivity contribution in [2.24, 2.45) is 5.92 Å². The van der Waals surface area contributed by atoms with Crippen molar-refractivity contribution in [1.29, 1.82) is 5.26 Å². The van der Waals surface area contributed by atoms with Gasteiger partial charge in [-0.25, -0.2) is 4.79 Å². The first-order valence-corrected chi connectivity index (χ1v) is 8.08. The van der Waals surface area contributed by atoms with Crippen LogP contribution in [-0.2, 0) is 9.53 Å². The van der Waals surface area contributed by atoms with Gasteiger partial charge in [0.1, 0.15) is 0 Å². The third kappa shape index (κ3) is 6.89. The Morgan fingerprint density at radius 1 is 1.36 bits per heavy atom. The van der Waals surface area contributed by atoms with Gasteiger partial charge >= 0.3 is 5.97 Å². The Kier molecular flexibility index (Phi) is 8.57. The maximum atomic E-state index is 12.1. The zero-order valence-corrected chi connectivity index (χ0v) is 15.2. The topological polar surface area (TPSA) is 97.6 Å². The summed E-state index contributed by atoms with van der Waals surface area (Å²) in [5.74, 6) is -0.253. The molecule has 1 rings (SSSR count). The fourth-order valence-corrected chi connectivity index (χ4v) is 2.02. The highest BCUT2D eigenvalue weighted by Crippen LogP contribution is 2.36. The number of carbonyl (C=O) groups excluding carboxylic acids is 2. The summed E-state index contributed by atoms with van der Waals surface area (Å²) in [5, 5.41) is 11.1. The van der Waals surface area contributed by atoms with E-state index in [9.17, 15) is 9.59 Å². The summed E-state index contributed by atoms with van der Waals surface area (Å²) in [6, 6.07) is 4.73. The Bertz CT molecular complexity index is 655. The molecule has 0 unspecified atom stereocenters. The molecule has 0 bridgehead atoms. The molecule has 0 radical (unpaired) electrons. The summed E-state index contributed by atoms with van der Waals surface area (Å²) >= 11 is 6.17. The number of nitriles is 1. The average molecular weight is 369 g/mol. The summed E-state index contributed by atoms with van der Waals surface area (Å²) in [7, 11) is 1.44. The Morgan fingerprint density at radius 3 is 2.68 bits per heavy atom. The molecule has 0 aliphatic heterocycles. The highest BCUT2D eigenvalue weighted by Gasteiger charge is 2.18. The molecule has 1 aromatic carbocycles. The first-order valence-electron chi connectivity index (χ1n) is 7.70. The van der Waals surface area contributed by atoms with E-state index < -0.39 is 18.5 Å². The SMILES string of the molecule is COc1cc(C(=O)OCC(=O)NCCC#N)cc(Cl)c1OCC(C)C. The third-order valence-corrected chi connectivity index (χ3v) is 3.20. The summed E-state index contributed by atoms with van der Waals surface area (Å²) in [4.78, 5) is 23.5. The molecule has 25 heavy (non-hydrogen) atoms. The van der Waals surface area contributed by atoms with Gasteiger partial charge < -0.3 is 19.5 Å². The summed E-state index contributed by atoms with van der Waals surface area (Å²) in [6.07, 6.45) is 0.185. The van der Waals surface area contributed by atoms with Gasteiger partial charge in [-0.05, 0) is 18.1 Å². The van der Waals surface area contributed by atoms with Crippen LogP contribution in [0.3, 0.4) is 0 Å². The number of nitrogens with zero attached hydrogens (tertiary/aromatic N) is 1. The van der Waals surface area contributed by atoms with E-state index in [1.165, 1.54) is 19.2 Å². The molecule has 0 aromatic heterocycles. The van der Waals surface area contributed by atoms with Crippen molar-refractivity contribution in [3.63, 3.8) is 0 Å². The van der Waals surface area contributed by atoms with E-state index >= 15 is 0 Å². The third-order valence-electron chi connectivity index (χ3n) is 2.92. The van der Waals surface area contributed by atoms with Crippen molar-refractivity contribution in [3.8, 4) is 17.6 Å². The van der Waals surface area contributed by atoms with Crippen LogP contribution < -0.4 is 14.8 Å². The first kappa shape index (κ1) is 20.6. The highest BCUT2D eigenvalue weighted by atomic mass is 35.5. The fraction of sp³-hybridized carbons (Fsp3) is 0.471. The number of ether oxygens (including phenoxy) is 3. The van der Waals surface area contributed by atoms with Crippen LogP contribution in [0.15, 0.2) is 12.1 Å². The number of methoxy groups -OCH3 is 1. The molecular weight excluding hydrogens is 348 g/mol. The number of amides is 1. The Balaban J connectivity index is 2.74. The maximum absolute atomic E-state index is 12.1. The minimum Gasteiger partial charge on any atom is -0.493 e. The van der Waals surface area contributed by atoms with Gasteiger partial charge in [-0.3, -0.25) is 4.79 Å². The maximum Gasteiger partial charge on any atom is 0.338 e. The van der Waals surface area contributed by atoms with E-state index in [0.717, 1.165) is 0 Å². The number of benzene rings is 1. The van der Waals surface area contributed by atoms with Gasteiger partial charge in [-0.1, -0.05) is 25.4 Å². The van der Waals surface area contributed by atoms with Crippen LogP contribution in [0.1, 0.15) is 30.6 Å². The molecule has 0 atom stereocenters. The molecule has 7 nitrogen and oxygen atoms in total. The van der Waals surface area contributed by atoms with Crippen LogP contribution in [0.2, 0.25) is 5.02 Å². The molecule has 8 heteroatoms. The number of hydrogen-bond acceptors (Lipinski definition) is 6. The van der Waals surface area contributed by atoms with E-state index in [0.29, 0.717) is 24.0 Å². The van der Waals surface area contributed by atoms with Gasteiger partial charge in [-0.2, -0.15) is 5.26 Å².